The van der Waals surface area contributed by atoms with Crippen molar-refractivity contribution in [1.82, 2.24) is 10.3 Å². The average molecular weight is 276 g/mol. The van der Waals surface area contributed by atoms with Crippen molar-refractivity contribution in [3.63, 3.8) is 0 Å². The van der Waals surface area contributed by atoms with Crippen LogP contribution >= 0.6 is 11.3 Å². The van der Waals surface area contributed by atoms with Crippen molar-refractivity contribution in [1.29, 1.82) is 0 Å². The molecule has 0 saturated carbocycles. The molecule has 0 bridgehead atoms. The number of carboxylic acids is 1. The van der Waals surface area contributed by atoms with E-state index >= 15 is 0 Å². The molecule has 0 aliphatic heterocycles. The maximum Gasteiger partial charge on any atom is 0.336 e. The lowest BCUT2D eigenvalue weighted by Crippen LogP contribution is -2.24. The Morgan fingerprint density at radius 2 is 2.00 bits per heavy atom. The summed E-state index contributed by atoms with van der Waals surface area (Å²) in [5, 5.41) is 12.6. The summed E-state index contributed by atoms with van der Waals surface area (Å²) in [7, 11) is 0. The second-order valence-corrected chi connectivity index (χ2v) is 5.20. The Hall–Kier alpha value is -2.21. The highest BCUT2D eigenvalue weighted by molar-refractivity contribution is 7.11. The van der Waals surface area contributed by atoms with Gasteiger partial charge in [-0.2, -0.15) is 0 Å². The molecule has 2 rings (SSSR count). The van der Waals surface area contributed by atoms with Crippen molar-refractivity contribution in [3.8, 4) is 0 Å². The summed E-state index contributed by atoms with van der Waals surface area (Å²) in [6.45, 7) is 2.23. The molecule has 1 amide bonds. The lowest BCUT2D eigenvalue weighted by molar-refractivity contribution is 0.0691. The number of carboxylic acid groups (broad SMARTS) is 1. The first kappa shape index (κ1) is 13.2. The third-order valence-electron chi connectivity index (χ3n) is 2.49. The Morgan fingerprint density at radius 1 is 1.32 bits per heavy atom. The number of carbonyl (C=O) groups is 2. The molecule has 6 heteroatoms. The van der Waals surface area contributed by atoms with E-state index in [1.165, 1.54) is 23.5 Å². The van der Waals surface area contributed by atoms with Crippen LogP contribution in [-0.2, 0) is 6.54 Å². The van der Waals surface area contributed by atoms with Gasteiger partial charge in [0.05, 0.1) is 22.7 Å². The molecule has 1 aromatic heterocycles. The molecule has 0 spiro atoms. The van der Waals surface area contributed by atoms with E-state index in [1.54, 1.807) is 18.3 Å². The van der Waals surface area contributed by atoms with Gasteiger partial charge in [-0.3, -0.25) is 4.79 Å². The van der Waals surface area contributed by atoms with E-state index in [4.69, 9.17) is 5.11 Å². The first-order valence-electron chi connectivity index (χ1n) is 5.60. The Balaban J connectivity index is 2.10. The molecule has 1 heterocycles. The lowest BCUT2D eigenvalue weighted by Gasteiger charge is -2.06. The highest BCUT2D eigenvalue weighted by Crippen LogP contribution is 2.12. The summed E-state index contributed by atoms with van der Waals surface area (Å²) in [4.78, 5) is 28.0. The Morgan fingerprint density at radius 3 is 2.58 bits per heavy atom. The van der Waals surface area contributed by atoms with Gasteiger partial charge in [0.25, 0.3) is 5.91 Å². The molecule has 0 fully saturated rings. The number of benzene rings is 1. The predicted molar refractivity (Wildman–Crippen MR) is 71.4 cm³/mol. The summed E-state index contributed by atoms with van der Waals surface area (Å²) in [5.41, 5.74) is 0.164. The van der Waals surface area contributed by atoms with Crippen LogP contribution in [0.1, 0.15) is 30.6 Å². The molecule has 0 aliphatic carbocycles. The number of nitrogens with zero attached hydrogens (tertiary/aromatic N) is 1. The molecular weight excluding hydrogens is 264 g/mol. The van der Waals surface area contributed by atoms with E-state index in [0.717, 1.165) is 9.88 Å². The van der Waals surface area contributed by atoms with E-state index in [9.17, 15) is 9.59 Å². The van der Waals surface area contributed by atoms with Crippen LogP contribution in [-0.4, -0.2) is 22.0 Å². The topological polar surface area (TPSA) is 79.3 Å². The third kappa shape index (κ3) is 3.17. The molecule has 1 aromatic carbocycles. The van der Waals surface area contributed by atoms with Crippen molar-refractivity contribution >= 4 is 23.2 Å². The number of thiazole rings is 1. The smallest absolute Gasteiger partial charge is 0.336 e. The van der Waals surface area contributed by atoms with Gasteiger partial charge in [0, 0.05) is 11.1 Å². The van der Waals surface area contributed by atoms with Gasteiger partial charge < -0.3 is 10.4 Å². The minimum atomic E-state index is -1.11. The SMILES string of the molecule is Cc1ncc(CNC(=O)c2ccccc2C(=O)O)s1. The number of carbonyl (C=O) groups excluding carboxylic acids is 1. The van der Waals surface area contributed by atoms with Crippen molar-refractivity contribution < 1.29 is 14.7 Å². The summed E-state index contributed by atoms with van der Waals surface area (Å²) >= 11 is 1.49. The minimum absolute atomic E-state index is 0.000449. The molecule has 2 N–H and O–H groups in total. The van der Waals surface area contributed by atoms with Crippen LogP contribution < -0.4 is 5.32 Å². The van der Waals surface area contributed by atoms with Crippen molar-refractivity contribution in [2.75, 3.05) is 0 Å². The fourth-order valence-corrected chi connectivity index (χ4v) is 2.35. The number of hydrogen-bond donors (Lipinski definition) is 2. The fraction of sp³-hybridized carbons (Fsp3) is 0.154. The molecule has 0 unspecified atom stereocenters. The zero-order valence-electron chi connectivity index (χ0n) is 10.2. The molecule has 0 saturated heterocycles. The number of aromatic carboxylic acids is 1. The van der Waals surface area contributed by atoms with Crippen LogP contribution in [0.3, 0.4) is 0 Å². The molecule has 5 nitrogen and oxygen atoms in total. The maximum absolute atomic E-state index is 12.0. The predicted octanol–water partition coefficient (Wildman–Crippen LogP) is 2.08. The number of nitrogens with one attached hydrogen (secondary N) is 1. The summed E-state index contributed by atoms with van der Waals surface area (Å²) in [6.07, 6.45) is 1.70. The normalized spacial score (nSPS) is 10.2. The average Bonchev–Trinajstić information content (AvgIpc) is 2.81. The second-order valence-electron chi connectivity index (χ2n) is 3.88. The monoisotopic (exact) mass is 276 g/mol. The van der Waals surface area contributed by atoms with E-state index < -0.39 is 11.9 Å². The van der Waals surface area contributed by atoms with Crippen LogP contribution in [0.2, 0.25) is 0 Å². The number of rotatable bonds is 4. The molecular formula is C13H12N2O3S. The number of aryl methyl sites for hydroxylation is 1. The zero-order valence-corrected chi connectivity index (χ0v) is 11.0. The van der Waals surface area contributed by atoms with E-state index in [-0.39, 0.29) is 11.1 Å². The minimum Gasteiger partial charge on any atom is -0.478 e. The highest BCUT2D eigenvalue weighted by Gasteiger charge is 2.15. The van der Waals surface area contributed by atoms with Crippen LogP contribution in [0, 0.1) is 6.92 Å². The number of aromatic nitrogens is 1. The van der Waals surface area contributed by atoms with Crippen molar-refractivity contribution in [2.45, 2.75) is 13.5 Å². The molecule has 98 valence electrons. The summed E-state index contributed by atoms with van der Waals surface area (Å²) < 4.78 is 0. The number of hydrogen-bond acceptors (Lipinski definition) is 4. The lowest BCUT2D eigenvalue weighted by atomic mass is 10.1. The van der Waals surface area contributed by atoms with Gasteiger partial charge in [0.2, 0.25) is 0 Å². The van der Waals surface area contributed by atoms with Crippen molar-refractivity contribution in [2.24, 2.45) is 0 Å². The first-order valence-corrected chi connectivity index (χ1v) is 6.41. The van der Waals surface area contributed by atoms with E-state index in [1.807, 2.05) is 6.92 Å². The standard InChI is InChI=1S/C13H12N2O3S/c1-8-14-6-9(19-8)7-15-12(16)10-4-2-3-5-11(10)13(17)18/h2-6H,7H2,1H3,(H,15,16)(H,17,18). The van der Waals surface area contributed by atoms with Gasteiger partial charge in [-0.05, 0) is 19.1 Å². The molecule has 2 aromatic rings. The largest absolute Gasteiger partial charge is 0.478 e. The molecule has 19 heavy (non-hydrogen) atoms. The molecule has 0 aliphatic rings. The van der Waals surface area contributed by atoms with Gasteiger partial charge in [0.15, 0.2) is 0 Å². The van der Waals surface area contributed by atoms with Gasteiger partial charge in [0.1, 0.15) is 0 Å². The second kappa shape index (κ2) is 5.62. The van der Waals surface area contributed by atoms with Crippen LogP contribution in [0.25, 0.3) is 0 Å². The van der Waals surface area contributed by atoms with Crippen LogP contribution in [0.4, 0.5) is 0 Å². The highest BCUT2D eigenvalue weighted by atomic mass is 32.1. The van der Waals surface area contributed by atoms with Crippen LogP contribution in [0.15, 0.2) is 30.5 Å². The fourth-order valence-electron chi connectivity index (χ4n) is 1.62. The first-order chi connectivity index (χ1) is 9.08. The quantitative estimate of drug-likeness (QED) is 0.896. The summed E-state index contributed by atoms with van der Waals surface area (Å²) in [6, 6.07) is 6.13. The molecule has 0 atom stereocenters. The van der Waals surface area contributed by atoms with Gasteiger partial charge in [-0.15, -0.1) is 11.3 Å². The zero-order chi connectivity index (χ0) is 13.8. The molecule has 0 radical (unpaired) electrons. The van der Waals surface area contributed by atoms with E-state index in [0.29, 0.717) is 6.54 Å². The number of amides is 1. The van der Waals surface area contributed by atoms with Gasteiger partial charge in [-0.1, -0.05) is 12.1 Å². The Kier molecular flexibility index (Phi) is 3.91. The summed E-state index contributed by atoms with van der Waals surface area (Å²) in [5.74, 6) is -1.51. The van der Waals surface area contributed by atoms with Gasteiger partial charge in [-0.25, -0.2) is 9.78 Å². The third-order valence-corrected chi connectivity index (χ3v) is 3.41. The Bertz CT molecular complexity index is 622. The van der Waals surface area contributed by atoms with Crippen LogP contribution in [0.5, 0.6) is 0 Å². The van der Waals surface area contributed by atoms with Gasteiger partial charge >= 0.3 is 5.97 Å². The maximum atomic E-state index is 12.0. The van der Waals surface area contributed by atoms with Crippen molar-refractivity contribution in [3.05, 3.63) is 51.5 Å². The van der Waals surface area contributed by atoms with E-state index in [2.05, 4.69) is 10.3 Å². The Labute approximate surface area is 113 Å².